The molecule has 0 aliphatic rings. The molecule has 0 amide bonds. The zero-order chi connectivity index (χ0) is 21.1. The van der Waals surface area contributed by atoms with Crippen molar-refractivity contribution in [3.63, 3.8) is 0 Å². The largest absolute Gasteiger partial charge is 0.418 e. The number of H-pyrrole nitrogens is 2. The Morgan fingerprint density at radius 3 is 2.94 bits per heavy atom. The Morgan fingerprint density at radius 1 is 1.19 bits per heavy atom. The first-order valence-corrected chi connectivity index (χ1v) is 10.2. The molecule has 0 saturated heterocycles. The van der Waals surface area contributed by atoms with Crippen molar-refractivity contribution in [3.8, 4) is 0 Å². The fourth-order valence-electron chi connectivity index (χ4n) is 3.69. The number of thiazole rings is 1. The number of aromatic amines is 2. The molecule has 0 saturated carbocycles. The van der Waals surface area contributed by atoms with Gasteiger partial charge in [0.25, 0.3) is 5.56 Å². The van der Waals surface area contributed by atoms with Crippen LogP contribution >= 0.6 is 11.3 Å². The summed E-state index contributed by atoms with van der Waals surface area (Å²) in [6.07, 6.45) is 4.05. The lowest BCUT2D eigenvalue weighted by atomic mass is 10.3. The number of hydrogen-bond acceptors (Lipinski definition) is 8. The van der Waals surface area contributed by atoms with Gasteiger partial charge in [0, 0.05) is 30.7 Å². The van der Waals surface area contributed by atoms with Crippen LogP contribution in [0.2, 0.25) is 0 Å². The summed E-state index contributed by atoms with van der Waals surface area (Å²) < 4.78 is 9.05. The van der Waals surface area contributed by atoms with Gasteiger partial charge in [0.05, 0.1) is 23.1 Å². The lowest BCUT2D eigenvalue weighted by Gasteiger charge is -2.05. The van der Waals surface area contributed by atoms with Gasteiger partial charge in [0.15, 0.2) is 16.9 Å². The highest BCUT2D eigenvalue weighted by Gasteiger charge is 2.19. The molecule has 2 N–H and O–H groups in total. The number of pyridine rings is 1. The highest BCUT2D eigenvalue weighted by atomic mass is 32.1. The van der Waals surface area contributed by atoms with E-state index in [0.717, 1.165) is 26.4 Å². The van der Waals surface area contributed by atoms with Crippen LogP contribution in [0.3, 0.4) is 0 Å². The fraction of sp³-hybridized carbons (Fsp3) is 0.158. The molecular weight excluding hydrogens is 420 g/mol. The molecule has 11 nitrogen and oxygen atoms in total. The van der Waals surface area contributed by atoms with Gasteiger partial charge in [-0.3, -0.25) is 14.9 Å². The second-order valence-electron chi connectivity index (χ2n) is 7.11. The molecule has 0 bridgehead atoms. The molecule has 0 spiro atoms. The molecule has 0 unspecified atom stereocenters. The summed E-state index contributed by atoms with van der Waals surface area (Å²) in [5.74, 6) is -0.570. The Bertz CT molecular complexity index is 1700. The van der Waals surface area contributed by atoms with E-state index in [9.17, 15) is 9.59 Å². The minimum absolute atomic E-state index is 0.162. The molecule has 0 aliphatic carbocycles. The van der Waals surface area contributed by atoms with Crippen molar-refractivity contribution >= 4 is 43.8 Å². The molecule has 6 rings (SSSR count). The standard InChI is InChI=1S/C19H14N8O3S/c1-26-14-11(15-17(26)23-13(31-15)6-9-4-5-20-25-9)7-21-27(18(14)28)8-10-2-3-12-16(22-10)24-19(29)30-12/h2-5,7H,6,8H2,1H3,(H,20,25)(H,22,24,29). The van der Waals surface area contributed by atoms with Crippen LogP contribution in [-0.2, 0) is 20.0 Å². The summed E-state index contributed by atoms with van der Waals surface area (Å²) in [6, 6.07) is 5.25. The third-order valence-corrected chi connectivity index (χ3v) is 6.20. The summed E-state index contributed by atoms with van der Waals surface area (Å²) in [7, 11) is 1.83. The average Bonchev–Trinajstić information content (AvgIpc) is 3.51. The molecule has 0 fully saturated rings. The number of aromatic nitrogens is 8. The van der Waals surface area contributed by atoms with Gasteiger partial charge >= 0.3 is 5.76 Å². The second kappa shape index (κ2) is 6.47. The van der Waals surface area contributed by atoms with Gasteiger partial charge in [-0.15, -0.1) is 11.3 Å². The summed E-state index contributed by atoms with van der Waals surface area (Å²) >= 11 is 1.54. The van der Waals surface area contributed by atoms with Crippen molar-refractivity contribution in [1.29, 1.82) is 0 Å². The van der Waals surface area contributed by atoms with Crippen molar-refractivity contribution in [2.45, 2.75) is 13.0 Å². The number of rotatable bonds is 4. The van der Waals surface area contributed by atoms with Crippen LogP contribution in [0.1, 0.15) is 16.4 Å². The molecule has 6 aromatic heterocycles. The maximum absolute atomic E-state index is 13.2. The smallest absolute Gasteiger partial charge is 0.406 e. The van der Waals surface area contributed by atoms with Gasteiger partial charge in [-0.1, -0.05) is 0 Å². The SMILES string of the molecule is Cn1c2nc(Cc3ccn[nH]3)sc2c2cnn(Cc3ccc4oc(=O)[nH]c4n3)c(=O)c21. The van der Waals surface area contributed by atoms with E-state index in [4.69, 9.17) is 9.40 Å². The van der Waals surface area contributed by atoms with Gasteiger partial charge in [0.1, 0.15) is 10.5 Å². The Hall–Kier alpha value is -4.06. The number of nitrogens with zero attached hydrogens (tertiary/aromatic N) is 6. The van der Waals surface area contributed by atoms with Crippen molar-refractivity contribution in [2.75, 3.05) is 0 Å². The Balaban J connectivity index is 1.41. The molecule has 31 heavy (non-hydrogen) atoms. The van der Waals surface area contributed by atoms with E-state index in [0.29, 0.717) is 28.9 Å². The third kappa shape index (κ3) is 2.79. The van der Waals surface area contributed by atoms with Gasteiger partial charge in [-0.2, -0.15) is 10.2 Å². The van der Waals surface area contributed by atoms with E-state index in [-0.39, 0.29) is 12.1 Å². The average molecular weight is 434 g/mol. The first-order chi connectivity index (χ1) is 15.1. The summed E-state index contributed by atoms with van der Waals surface area (Å²) in [5, 5.41) is 13.0. The molecule has 0 aliphatic heterocycles. The molecule has 154 valence electrons. The van der Waals surface area contributed by atoms with E-state index in [1.54, 1.807) is 35.9 Å². The first kappa shape index (κ1) is 17.8. The fourth-order valence-corrected chi connectivity index (χ4v) is 4.82. The minimum atomic E-state index is -0.570. The van der Waals surface area contributed by atoms with Crippen molar-refractivity contribution < 1.29 is 4.42 Å². The van der Waals surface area contributed by atoms with Gasteiger partial charge in [-0.05, 0) is 18.2 Å². The Morgan fingerprint density at radius 2 is 2.10 bits per heavy atom. The lowest BCUT2D eigenvalue weighted by Crippen LogP contribution is -2.25. The van der Waals surface area contributed by atoms with Crippen LogP contribution in [0.5, 0.6) is 0 Å². The number of hydrogen-bond donors (Lipinski definition) is 2. The Kier molecular flexibility index (Phi) is 3.71. The predicted octanol–water partition coefficient (Wildman–Crippen LogP) is 1.54. The summed E-state index contributed by atoms with van der Waals surface area (Å²) in [5.41, 5.74) is 3.31. The zero-order valence-electron chi connectivity index (χ0n) is 16.1. The monoisotopic (exact) mass is 434 g/mol. The molecule has 12 heteroatoms. The van der Waals surface area contributed by atoms with Crippen LogP contribution in [0, 0.1) is 0 Å². The molecule has 0 atom stereocenters. The van der Waals surface area contributed by atoms with Crippen LogP contribution in [0.15, 0.2) is 44.6 Å². The highest BCUT2D eigenvalue weighted by molar-refractivity contribution is 7.19. The topological polar surface area (TPSA) is 140 Å². The quantitative estimate of drug-likeness (QED) is 0.429. The van der Waals surface area contributed by atoms with E-state index in [1.807, 2.05) is 17.7 Å². The molecule has 0 radical (unpaired) electrons. The van der Waals surface area contributed by atoms with Crippen molar-refractivity contribution in [3.05, 3.63) is 67.9 Å². The zero-order valence-corrected chi connectivity index (χ0v) is 16.9. The number of oxazole rings is 1. The molecule has 0 aromatic carbocycles. The first-order valence-electron chi connectivity index (χ1n) is 9.38. The highest BCUT2D eigenvalue weighted by Crippen LogP contribution is 2.31. The number of aryl methyl sites for hydroxylation is 1. The second-order valence-corrected chi connectivity index (χ2v) is 8.20. The molecular formula is C19H14N8O3S. The van der Waals surface area contributed by atoms with Crippen molar-refractivity contribution in [2.24, 2.45) is 7.05 Å². The molecule has 6 aromatic rings. The normalized spacial score (nSPS) is 11.9. The van der Waals surface area contributed by atoms with E-state index >= 15 is 0 Å². The van der Waals surface area contributed by atoms with Crippen LogP contribution in [0.25, 0.3) is 32.5 Å². The lowest BCUT2D eigenvalue weighted by molar-refractivity contribution is 0.555. The number of fused-ring (bicyclic) bond motifs is 4. The van der Waals surface area contributed by atoms with Crippen LogP contribution < -0.4 is 11.3 Å². The van der Waals surface area contributed by atoms with Crippen molar-refractivity contribution in [1.82, 2.24) is 39.5 Å². The van der Waals surface area contributed by atoms with Gasteiger partial charge in [-0.25, -0.2) is 19.4 Å². The predicted molar refractivity (Wildman–Crippen MR) is 113 cm³/mol. The van der Waals surface area contributed by atoms with Crippen LogP contribution in [0.4, 0.5) is 0 Å². The third-order valence-electron chi connectivity index (χ3n) is 5.12. The Labute approximate surface area is 176 Å². The van der Waals surface area contributed by atoms with E-state index in [2.05, 4.69) is 25.3 Å². The van der Waals surface area contributed by atoms with E-state index in [1.165, 1.54) is 4.68 Å². The summed E-state index contributed by atoms with van der Waals surface area (Å²) in [4.78, 5) is 36.1. The van der Waals surface area contributed by atoms with Gasteiger partial charge < -0.3 is 8.98 Å². The minimum Gasteiger partial charge on any atom is -0.406 e. The van der Waals surface area contributed by atoms with Gasteiger partial charge in [0.2, 0.25) is 0 Å². The maximum Gasteiger partial charge on any atom is 0.418 e. The number of nitrogens with one attached hydrogen (secondary N) is 2. The van der Waals surface area contributed by atoms with E-state index < -0.39 is 5.76 Å². The molecule has 6 heterocycles. The van der Waals surface area contributed by atoms with Crippen LogP contribution in [-0.4, -0.2) is 39.5 Å². The summed E-state index contributed by atoms with van der Waals surface area (Å²) in [6.45, 7) is 0.162. The maximum atomic E-state index is 13.2.